The lowest BCUT2D eigenvalue weighted by atomic mass is 10.2. The average Bonchev–Trinajstić information content (AvgIpc) is 3.11. The summed E-state index contributed by atoms with van der Waals surface area (Å²) in [5.74, 6) is -1.03. The minimum absolute atomic E-state index is 0.0738. The van der Waals surface area contributed by atoms with Crippen LogP contribution >= 0.6 is 11.3 Å². The van der Waals surface area contributed by atoms with Gasteiger partial charge in [-0.2, -0.15) is 8.42 Å². The number of anilines is 2. The van der Waals surface area contributed by atoms with Crippen molar-refractivity contribution in [2.75, 3.05) is 30.3 Å². The Morgan fingerprint density at radius 3 is 2.61 bits per heavy atom. The number of carbonyl (C=O) groups is 2. The number of benzene rings is 1. The molecule has 0 bridgehead atoms. The molecule has 1 aromatic heterocycles. The number of methoxy groups -OCH3 is 1. The summed E-state index contributed by atoms with van der Waals surface area (Å²) in [7, 11) is -2.58. The van der Waals surface area contributed by atoms with Crippen molar-refractivity contribution in [1.29, 1.82) is 0 Å². The van der Waals surface area contributed by atoms with Gasteiger partial charge >= 0.3 is 0 Å². The number of hydrogen-bond acceptors (Lipinski definition) is 8. The molecule has 152 valence electrons. The van der Waals surface area contributed by atoms with Crippen LogP contribution < -0.4 is 15.4 Å². The van der Waals surface area contributed by atoms with Crippen LogP contribution in [0.5, 0.6) is 0 Å². The standard InChI is InChI=1S/C16H21N5O5S2/c1-10(2)13(22)18-15-19-20-16(27-15)28(24,25)21-12-7-5-4-6-11(12)14(23)17-8-9-26-3/h4-7,10,21H,8-9H2,1-3H3,(H,17,23)(H,18,19,22). The van der Waals surface area contributed by atoms with E-state index in [1.54, 1.807) is 26.0 Å². The molecule has 2 rings (SSSR count). The molecule has 2 amide bonds. The van der Waals surface area contributed by atoms with Crippen LogP contribution in [0, 0.1) is 5.92 Å². The Labute approximate surface area is 166 Å². The van der Waals surface area contributed by atoms with E-state index in [0.29, 0.717) is 17.9 Å². The van der Waals surface area contributed by atoms with Crippen LogP contribution in [-0.2, 0) is 19.6 Å². The summed E-state index contributed by atoms with van der Waals surface area (Å²) in [6, 6.07) is 6.17. The number of carbonyl (C=O) groups excluding carboxylic acids is 2. The summed E-state index contributed by atoms with van der Waals surface area (Å²) >= 11 is 0.714. The topological polar surface area (TPSA) is 139 Å². The van der Waals surface area contributed by atoms with Gasteiger partial charge < -0.3 is 15.4 Å². The monoisotopic (exact) mass is 427 g/mol. The van der Waals surface area contributed by atoms with Gasteiger partial charge in [0.05, 0.1) is 17.9 Å². The Balaban J connectivity index is 2.18. The zero-order valence-electron chi connectivity index (χ0n) is 15.6. The molecule has 3 N–H and O–H groups in total. The number of nitrogens with one attached hydrogen (secondary N) is 3. The molecular weight excluding hydrogens is 406 g/mol. The van der Waals surface area contributed by atoms with Gasteiger partial charge in [-0.25, -0.2) is 0 Å². The summed E-state index contributed by atoms with van der Waals surface area (Å²) in [5, 5.41) is 12.5. The lowest BCUT2D eigenvalue weighted by molar-refractivity contribution is -0.118. The van der Waals surface area contributed by atoms with Crippen LogP contribution in [0.15, 0.2) is 28.6 Å². The zero-order chi connectivity index (χ0) is 20.7. The molecular formula is C16H21N5O5S2. The molecule has 1 heterocycles. The van der Waals surface area contributed by atoms with Crippen molar-refractivity contribution in [3.8, 4) is 0 Å². The third kappa shape index (κ3) is 5.71. The second-order valence-electron chi connectivity index (χ2n) is 5.92. The molecule has 28 heavy (non-hydrogen) atoms. The highest BCUT2D eigenvalue weighted by Gasteiger charge is 2.23. The van der Waals surface area contributed by atoms with Crippen LogP contribution in [-0.4, -0.2) is 50.7 Å². The highest BCUT2D eigenvalue weighted by atomic mass is 32.2. The SMILES string of the molecule is COCCNC(=O)c1ccccc1NS(=O)(=O)c1nnc(NC(=O)C(C)C)s1. The Morgan fingerprint density at radius 2 is 1.93 bits per heavy atom. The fourth-order valence-corrected chi connectivity index (χ4v) is 3.92. The maximum absolute atomic E-state index is 12.6. The Hall–Kier alpha value is -2.57. The lowest BCUT2D eigenvalue weighted by Crippen LogP contribution is -2.28. The van der Waals surface area contributed by atoms with Gasteiger partial charge in [0.2, 0.25) is 11.0 Å². The molecule has 0 radical (unpaired) electrons. The minimum atomic E-state index is -4.09. The predicted octanol–water partition coefficient (Wildman–Crippen LogP) is 1.31. The molecule has 0 fully saturated rings. The first kappa shape index (κ1) is 21.7. The molecule has 0 atom stereocenters. The fourth-order valence-electron chi connectivity index (χ4n) is 1.94. The Morgan fingerprint density at radius 1 is 1.21 bits per heavy atom. The first-order valence-corrected chi connectivity index (χ1v) is 10.6. The maximum atomic E-state index is 12.6. The zero-order valence-corrected chi connectivity index (χ0v) is 17.2. The van der Waals surface area contributed by atoms with Gasteiger partial charge in [0.25, 0.3) is 20.3 Å². The number of hydrogen-bond donors (Lipinski definition) is 3. The van der Waals surface area contributed by atoms with Gasteiger partial charge in [-0.3, -0.25) is 14.3 Å². The first-order chi connectivity index (χ1) is 13.2. The van der Waals surface area contributed by atoms with E-state index in [9.17, 15) is 18.0 Å². The average molecular weight is 428 g/mol. The molecule has 0 saturated carbocycles. The van der Waals surface area contributed by atoms with E-state index in [0.717, 1.165) is 0 Å². The maximum Gasteiger partial charge on any atom is 0.291 e. The van der Waals surface area contributed by atoms with E-state index in [-0.39, 0.29) is 39.1 Å². The van der Waals surface area contributed by atoms with Gasteiger partial charge in [-0.1, -0.05) is 37.3 Å². The summed E-state index contributed by atoms with van der Waals surface area (Å²) in [5.41, 5.74) is 0.250. The van der Waals surface area contributed by atoms with Crippen molar-refractivity contribution in [1.82, 2.24) is 15.5 Å². The highest BCUT2D eigenvalue weighted by molar-refractivity contribution is 7.94. The predicted molar refractivity (Wildman–Crippen MR) is 105 cm³/mol. The van der Waals surface area contributed by atoms with Crippen molar-refractivity contribution in [3.63, 3.8) is 0 Å². The third-order valence-electron chi connectivity index (χ3n) is 3.40. The van der Waals surface area contributed by atoms with E-state index in [1.807, 2.05) is 0 Å². The first-order valence-electron chi connectivity index (χ1n) is 8.28. The Kier molecular flexibility index (Phi) is 7.43. The minimum Gasteiger partial charge on any atom is -0.383 e. The second kappa shape index (κ2) is 9.57. The molecule has 2 aromatic rings. The number of amides is 2. The molecule has 0 aliphatic rings. The summed E-state index contributed by atoms with van der Waals surface area (Å²) in [6.45, 7) is 4.01. The van der Waals surface area contributed by atoms with Gasteiger partial charge in [-0.15, -0.1) is 10.2 Å². The normalized spacial score (nSPS) is 11.3. The molecule has 0 unspecified atom stereocenters. The summed E-state index contributed by atoms with van der Waals surface area (Å²) < 4.78 is 32.1. The van der Waals surface area contributed by atoms with Gasteiger partial charge in [0, 0.05) is 19.6 Å². The number of aromatic nitrogens is 2. The molecule has 1 aromatic carbocycles. The molecule has 0 aliphatic carbocycles. The number of sulfonamides is 1. The van der Waals surface area contributed by atoms with Crippen molar-refractivity contribution in [2.45, 2.75) is 18.2 Å². The van der Waals surface area contributed by atoms with Crippen molar-refractivity contribution < 1.29 is 22.7 Å². The van der Waals surface area contributed by atoms with E-state index in [2.05, 4.69) is 25.6 Å². The van der Waals surface area contributed by atoms with Crippen LogP contribution in [0.2, 0.25) is 0 Å². The van der Waals surface area contributed by atoms with E-state index in [4.69, 9.17) is 4.74 Å². The number of rotatable bonds is 9. The van der Waals surface area contributed by atoms with Crippen molar-refractivity contribution in [3.05, 3.63) is 29.8 Å². The third-order valence-corrected chi connectivity index (χ3v) is 5.97. The van der Waals surface area contributed by atoms with E-state index in [1.165, 1.54) is 19.2 Å². The summed E-state index contributed by atoms with van der Waals surface area (Å²) in [4.78, 5) is 24.0. The molecule has 0 aliphatic heterocycles. The van der Waals surface area contributed by atoms with E-state index >= 15 is 0 Å². The molecule has 0 saturated heterocycles. The fraction of sp³-hybridized carbons (Fsp3) is 0.375. The number of nitrogens with zero attached hydrogens (tertiary/aromatic N) is 2. The quantitative estimate of drug-likeness (QED) is 0.405. The van der Waals surface area contributed by atoms with Crippen molar-refractivity contribution in [2.24, 2.45) is 5.92 Å². The van der Waals surface area contributed by atoms with Crippen LogP contribution in [0.1, 0.15) is 24.2 Å². The van der Waals surface area contributed by atoms with Gasteiger partial charge in [0.15, 0.2) is 0 Å². The van der Waals surface area contributed by atoms with Gasteiger partial charge in [0.1, 0.15) is 0 Å². The second-order valence-corrected chi connectivity index (χ2v) is 8.75. The van der Waals surface area contributed by atoms with Crippen molar-refractivity contribution >= 4 is 44.0 Å². The smallest absolute Gasteiger partial charge is 0.291 e. The lowest BCUT2D eigenvalue weighted by Gasteiger charge is -2.11. The molecule has 0 spiro atoms. The number of ether oxygens (including phenoxy) is 1. The van der Waals surface area contributed by atoms with Crippen LogP contribution in [0.25, 0.3) is 0 Å². The molecule has 12 heteroatoms. The summed E-state index contributed by atoms with van der Waals surface area (Å²) in [6.07, 6.45) is 0. The van der Waals surface area contributed by atoms with Gasteiger partial charge in [-0.05, 0) is 12.1 Å². The van der Waals surface area contributed by atoms with Crippen LogP contribution in [0.4, 0.5) is 10.8 Å². The highest BCUT2D eigenvalue weighted by Crippen LogP contribution is 2.24. The van der Waals surface area contributed by atoms with E-state index < -0.39 is 15.9 Å². The molecule has 10 nitrogen and oxygen atoms in total. The largest absolute Gasteiger partial charge is 0.383 e. The van der Waals surface area contributed by atoms with Crippen LogP contribution in [0.3, 0.4) is 0 Å². The number of para-hydroxylation sites is 1. The Bertz CT molecular complexity index is 942.